The molecule has 0 aliphatic rings. The first-order valence-electron chi connectivity index (χ1n) is 8.78. The van der Waals surface area contributed by atoms with Crippen molar-refractivity contribution in [1.82, 2.24) is 20.1 Å². The zero-order chi connectivity index (χ0) is 19.9. The van der Waals surface area contributed by atoms with Gasteiger partial charge in [-0.2, -0.15) is 0 Å². The summed E-state index contributed by atoms with van der Waals surface area (Å²) in [6.45, 7) is 2.39. The van der Waals surface area contributed by atoms with Gasteiger partial charge in [0, 0.05) is 13.6 Å². The maximum atomic E-state index is 12.1. The highest BCUT2D eigenvalue weighted by Gasteiger charge is 2.18. The van der Waals surface area contributed by atoms with E-state index < -0.39 is 0 Å². The van der Waals surface area contributed by atoms with E-state index in [1.807, 2.05) is 67.1 Å². The summed E-state index contributed by atoms with van der Waals surface area (Å²) in [7, 11) is 1.85. The monoisotopic (exact) mass is 416 g/mol. The molecule has 0 fully saturated rings. The van der Waals surface area contributed by atoms with Crippen LogP contribution in [0, 0.1) is 0 Å². The normalized spacial score (nSPS) is 11.8. The molecule has 1 unspecified atom stereocenters. The minimum atomic E-state index is -0.335. The van der Waals surface area contributed by atoms with Crippen LogP contribution in [0.3, 0.4) is 0 Å². The summed E-state index contributed by atoms with van der Waals surface area (Å²) in [5.74, 6) is 1.46. The predicted octanol–water partition coefficient (Wildman–Crippen LogP) is 4.02. The van der Waals surface area contributed by atoms with Crippen LogP contribution in [-0.2, 0) is 18.4 Å². The lowest BCUT2D eigenvalue weighted by atomic mass is 10.2. The third kappa shape index (κ3) is 5.27. The van der Waals surface area contributed by atoms with Gasteiger partial charge in [0.2, 0.25) is 5.91 Å². The molecule has 0 aliphatic carbocycles. The molecule has 3 rings (SSSR count). The fraction of sp³-hybridized carbons (Fsp3) is 0.250. The first-order valence-corrected chi connectivity index (χ1v) is 10.1. The first-order chi connectivity index (χ1) is 13.5. The smallest absolute Gasteiger partial charge is 0.230 e. The average molecular weight is 417 g/mol. The molecule has 6 nitrogen and oxygen atoms in total. The number of carbonyl (C=O) groups is 1. The lowest BCUT2D eigenvalue weighted by Crippen LogP contribution is -2.24. The summed E-state index contributed by atoms with van der Waals surface area (Å²) >= 11 is 7.48. The van der Waals surface area contributed by atoms with E-state index in [1.54, 1.807) is 6.07 Å². The Bertz CT molecular complexity index is 933. The largest absolute Gasteiger partial charge is 0.481 e. The number of carbonyl (C=O) groups excluding carboxylic acids is 1. The second-order valence-electron chi connectivity index (χ2n) is 6.14. The summed E-state index contributed by atoms with van der Waals surface area (Å²) in [4.78, 5) is 12.1. The van der Waals surface area contributed by atoms with Crippen molar-refractivity contribution in [2.75, 3.05) is 5.75 Å². The molecule has 0 aliphatic heterocycles. The number of amides is 1. The SMILES string of the molecule is CC(Oc1ccccc1Cl)c1nnc(SCC(=O)NCc2ccccc2)n1C. The predicted molar refractivity (Wildman–Crippen MR) is 111 cm³/mol. The molecule has 8 heteroatoms. The lowest BCUT2D eigenvalue weighted by Gasteiger charge is -2.15. The Kier molecular flexibility index (Phi) is 6.95. The highest BCUT2D eigenvalue weighted by molar-refractivity contribution is 7.99. The second kappa shape index (κ2) is 9.61. The van der Waals surface area contributed by atoms with Gasteiger partial charge < -0.3 is 14.6 Å². The van der Waals surface area contributed by atoms with Gasteiger partial charge in [-0.1, -0.05) is 65.8 Å². The van der Waals surface area contributed by atoms with Crippen LogP contribution in [0.2, 0.25) is 5.02 Å². The summed E-state index contributed by atoms with van der Waals surface area (Å²) in [5, 5.41) is 12.5. The van der Waals surface area contributed by atoms with E-state index in [4.69, 9.17) is 16.3 Å². The number of ether oxygens (including phenoxy) is 1. The average Bonchev–Trinajstić information content (AvgIpc) is 3.08. The number of thioether (sulfide) groups is 1. The Morgan fingerprint density at radius 2 is 1.89 bits per heavy atom. The number of rotatable bonds is 8. The van der Waals surface area contributed by atoms with Gasteiger partial charge in [0.15, 0.2) is 17.1 Å². The number of hydrogen-bond acceptors (Lipinski definition) is 5. The molecule has 1 amide bonds. The minimum Gasteiger partial charge on any atom is -0.481 e. The molecule has 28 heavy (non-hydrogen) atoms. The van der Waals surface area contributed by atoms with Crippen LogP contribution in [0.15, 0.2) is 59.8 Å². The van der Waals surface area contributed by atoms with Crippen LogP contribution < -0.4 is 10.1 Å². The van der Waals surface area contributed by atoms with Gasteiger partial charge >= 0.3 is 0 Å². The van der Waals surface area contributed by atoms with E-state index in [1.165, 1.54) is 11.8 Å². The Balaban J connectivity index is 1.54. The summed E-state index contributed by atoms with van der Waals surface area (Å²) in [6.07, 6.45) is -0.335. The zero-order valence-electron chi connectivity index (χ0n) is 15.6. The van der Waals surface area contributed by atoms with Crippen molar-refractivity contribution in [3.05, 3.63) is 71.0 Å². The molecule has 0 radical (unpaired) electrons. The molecule has 3 aromatic rings. The number of aromatic nitrogens is 3. The number of nitrogens with zero attached hydrogens (tertiary/aromatic N) is 3. The lowest BCUT2D eigenvalue weighted by molar-refractivity contribution is -0.118. The molecule has 0 spiro atoms. The quantitative estimate of drug-likeness (QED) is 0.562. The number of benzene rings is 2. The van der Waals surface area contributed by atoms with Gasteiger partial charge in [-0.3, -0.25) is 4.79 Å². The van der Waals surface area contributed by atoms with E-state index in [2.05, 4.69) is 15.5 Å². The fourth-order valence-corrected chi connectivity index (χ4v) is 3.50. The van der Waals surface area contributed by atoms with Crippen molar-refractivity contribution in [2.24, 2.45) is 7.05 Å². The number of para-hydroxylation sites is 1. The fourth-order valence-electron chi connectivity index (χ4n) is 2.57. The van der Waals surface area contributed by atoms with Crippen molar-refractivity contribution >= 4 is 29.3 Å². The van der Waals surface area contributed by atoms with Gasteiger partial charge in [-0.05, 0) is 24.6 Å². The third-order valence-electron chi connectivity index (χ3n) is 4.04. The van der Waals surface area contributed by atoms with Gasteiger partial charge in [-0.15, -0.1) is 10.2 Å². The van der Waals surface area contributed by atoms with Crippen LogP contribution in [0.4, 0.5) is 0 Å². The maximum Gasteiger partial charge on any atom is 0.230 e. The summed E-state index contributed by atoms with van der Waals surface area (Å²) < 4.78 is 7.72. The molecule has 0 bridgehead atoms. The van der Waals surface area contributed by atoms with Crippen LogP contribution in [0.25, 0.3) is 0 Å². The second-order valence-corrected chi connectivity index (χ2v) is 7.49. The van der Waals surface area contributed by atoms with Gasteiger partial charge in [0.1, 0.15) is 5.75 Å². The number of halogens is 1. The van der Waals surface area contributed by atoms with Crippen LogP contribution in [0.5, 0.6) is 5.75 Å². The Morgan fingerprint density at radius 3 is 2.64 bits per heavy atom. The van der Waals surface area contributed by atoms with E-state index in [9.17, 15) is 4.79 Å². The molecule has 1 aromatic heterocycles. The van der Waals surface area contributed by atoms with Crippen LogP contribution >= 0.6 is 23.4 Å². The van der Waals surface area contributed by atoms with Gasteiger partial charge in [-0.25, -0.2) is 0 Å². The maximum absolute atomic E-state index is 12.1. The van der Waals surface area contributed by atoms with E-state index in [0.717, 1.165) is 5.56 Å². The van der Waals surface area contributed by atoms with Crippen molar-refractivity contribution in [3.63, 3.8) is 0 Å². The molecule has 0 saturated carbocycles. The Morgan fingerprint density at radius 1 is 1.18 bits per heavy atom. The molecule has 1 N–H and O–H groups in total. The summed E-state index contributed by atoms with van der Waals surface area (Å²) in [6, 6.07) is 17.1. The van der Waals surface area contributed by atoms with Gasteiger partial charge in [0.25, 0.3) is 0 Å². The highest BCUT2D eigenvalue weighted by atomic mass is 35.5. The van der Waals surface area contributed by atoms with Crippen molar-refractivity contribution < 1.29 is 9.53 Å². The van der Waals surface area contributed by atoms with Crippen LogP contribution in [-0.4, -0.2) is 26.4 Å². The molecule has 146 valence electrons. The molecule has 0 saturated heterocycles. The van der Waals surface area contributed by atoms with E-state index in [-0.39, 0.29) is 17.8 Å². The first kappa shape index (κ1) is 20.2. The topological polar surface area (TPSA) is 69.0 Å². The zero-order valence-corrected chi connectivity index (χ0v) is 17.2. The molecular formula is C20H21ClN4O2S. The summed E-state index contributed by atoms with van der Waals surface area (Å²) in [5.41, 5.74) is 1.06. The van der Waals surface area contributed by atoms with Gasteiger partial charge in [0.05, 0.1) is 10.8 Å². The highest BCUT2D eigenvalue weighted by Crippen LogP contribution is 2.28. The number of nitrogens with one attached hydrogen (secondary N) is 1. The molecule has 1 heterocycles. The van der Waals surface area contributed by atoms with E-state index >= 15 is 0 Å². The minimum absolute atomic E-state index is 0.0567. The molecular weight excluding hydrogens is 396 g/mol. The van der Waals surface area contributed by atoms with Crippen molar-refractivity contribution in [2.45, 2.75) is 24.7 Å². The third-order valence-corrected chi connectivity index (χ3v) is 5.37. The van der Waals surface area contributed by atoms with Crippen LogP contribution in [0.1, 0.15) is 24.4 Å². The van der Waals surface area contributed by atoms with Crippen molar-refractivity contribution in [1.29, 1.82) is 0 Å². The Labute approximate surface area is 173 Å². The molecule has 2 aromatic carbocycles. The molecule has 1 atom stereocenters. The standard InChI is InChI=1S/C20H21ClN4O2S/c1-14(27-17-11-7-6-10-16(17)21)19-23-24-20(25(19)2)28-13-18(26)22-12-15-8-4-3-5-9-15/h3-11,14H,12-13H2,1-2H3,(H,22,26). The number of hydrogen-bond donors (Lipinski definition) is 1. The van der Waals surface area contributed by atoms with Crippen molar-refractivity contribution in [3.8, 4) is 5.75 Å². The Hall–Kier alpha value is -2.51. The van der Waals surface area contributed by atoms with E-state index in [0.29, 0.717) is 28.3 Å².